The highest BCUT2D eigenvalue weighted by Gasteiger charge is 2.36. The molecule has 0 spiro atoms. The first-order chi connectivity index (χ1) is 15.4. The van der Waals surface area contributed by atoms with E-state index in [0.717, 1.165) is 12.3 Å². The molecule has 2 rings (SSSR count). The Morgan fingerprint density at radius 1 is 1.27 bits per heavy atom. The molecule has 0 aromatic heterocycles. The van der Waals surface area contributed by atoms with E-state index in [1.54, 1.807) is 0 Å². The predicted octanol–water partition coefficient (Wildman–Crippen LogP) is 2.83. The number of nitrogens with one attached hydrogen (secondary N) is 1. The summed E-state index contributed by atoms with van der Waals surface area (Å²) in [5.41, 5.74) is -0.235. The van der Waals surface area contributed by atoms with Crippen LogP contribution in [0.4, 0.5) is 24.5 Å². The first-order valence-corrected chi connectivity index (χ1v) is 9.79. The highest BCUT2D eigenvalue weighted by molar-refractivity contribution is 5.96. The van der Waals surface area contributed by atoms with Crippen LogP contribution in [0, 0.1) is 16.0 Å². The van der Waals surface area contributed by atoms with Crippen molar-refractivity contribution in [3.63, 3.8) is 0 Å². The summed E-state index contributed by atoms with van der Waals surface area (Å²) in [4.78, 5) is 47.5. The molecule has 33 heavy (non-hydrogen) atoms. The zero-order valence-electron chi connectivity index (χ0n) is 17.8. The van der Waals surface area contributed by atoms with Crippen LogP contribution in [0.1, 0.15) is 19.8 Å². The quantitative estimate of drug-likeness (QED) is 0.264. The zero-order valence-corrected chi connectivity index (χ0v) is 17.8. The van der Waals surface area contributed by atoms with E-state index in [4.69, 9.17) is 9.47 Å². The van der Waals surface area contributed by atoms with Crippen molar-refractivity contribution in [2.45, 2.75) is 32.0 Å². The summed E-state index contributed by atoms with van der Waals surface area (Å²) in [5.74, 6) is -3.75. The Morgan fingerprint density at radius 3 is 2.45 bits per heavy atom. The molecular formula is C20H22F3N3O7. The van der Waals surface area contributed by atoms with Gasteiger partial charge in [0.25, 0.3) is 17.4 Å². The largest absolute Gasteiger partial charge is 0.495 e. The number of methoxy groups -OCH3 is 1. The van der Waals surface area contributed by atoms with Crippen LogP contribution in [0.15, 0.2) is 30.5 Å². The Bertz CT molecular complexity index is 941. The average Bonchev–Trinajstić information content (AvgIpc) is 2.76. The number of alkyl halides is 3. The number of benzene rings is 1. The van der Waals surface area contributed by atoms with Crippen LogP contribution in [0.2, 0.25) is 0 Å². The van der Waals surface area contributed by atoms with Crippen molar-refractivity contribution < 1.29 is 42.0 Å². The third-order valence-corrected chi connectivity index (χ3v) is 4.89. The molecular weight excluding hydrogens is 451 g/mol. The first kappa shape index (κ1) is 25.6. The number of carbonyl (C=O) groups is 3. The summed E-state index contributed by atoms with van der Waals surface area (Å²) in [6.45, 7) is 1.79. The molecule has 1 saturated heterocycles. The van der Waals surface area contributed by atoms with E-state index >= 15 is 0 Å². The van der Waals surface area contributed by atoms with Gasteiger partial charge in [-0.1, -0.05) is 0 Å². The van der Waals surface area contributed by atoms with Crippen molar-refractivity contribution >= 4 is 29.0 Å². The molecule has 0 radical (unpaired) electrons. The number of nitro benzene ring substituents is 1. The number of anilines is 1. The molecule has 1 amide bonds. The minimum absolute atomic E-state index is 0.0353. The van der Waals surface area contributed by atoms with Gasteiger partial charge in [0.05, 0.1) is 23.6 Å². The molecule has 1 heterocycles. The number of carbonyl (C=O) groups excluding carboxylic acids is 3. The Kier molecular flexibility index (Phi) is 8.38. The van der Waals surface area contributed by atoms with Crippen LogP contribution in [0.5, 0.6) is 5.75 Å². The lowest BCUT2D eigenvalue weighted by Gasteiger charge is -2.30. The lowest BCUT2D eigenvalue weighted by Crippen LogP contribution is -2.37. The monoisotopic (exact) mass is 473 g/mol. The maximum Gasteiger partial charge on any atom is 0.454 e. The van der Waals surface area contributed by atoms with Crippen molar-refractivity contribution in [1.82, 2.24) is 4.90 Å². The second-order valence-corrected chi connectivity index (χ2v) is 7.20. The Labute approximate surface area is 186 Å². The van der Waals surface area contributed by atoms with Gasteiger partial charge >= 0.3 is 12.1 Å². The number of rotatable bonds is 8. The SMILES string of the molecule is COc1ccc([N+](=O)[O-])cc1NC(=O)[C@@H](C)OC(=O)C1CCN(/C=C/C(=O)C(F)(F)F)CC1. The number of nitrogens with zero attached hydrogens (tertiary/aromatic N) is 2. The summed E-state index contributed by atoms with van der Waals surface area (Å²) in [7, 11) is 1.32. The van der Waals surface area contributed by atoms with Crippen LogP contribution < -0.4 is 10.1 Å². The molecule has 10 nitrogen and oxygen atoms in total. The molecule has 1 aliphatic heterocycles. The van der Waals surface area contributed by atoms with Crippen molar-refractivity contribution in [2.24, 2.45) is 5.92 Å². The molecule has 13 heteroatoms. The van der Waals surface area contributed by atoms with Crippen molar-refractivity contribution in [1.29, 1.82) is 0 Å². The minimum Gasteiger partial charge on any atom is -0.495 e. The highest BCUT2D eigenvalue weighted by Crippen LogP contribution is 2.29. The van der Waals surface area contributed by atoms with E-state index in [1.165, 1.54) is 31.1 Å². The standard InChI is InChI=1S/C20H22F3N3O7/c1-12(18(28)24-15-11-14(26(30)31)3-4-16(15)32-2)33-19(29)13-5-8-25(9-6-13)10-7-17(27)20(21,22)23/h3-4,7,10-13H,5-6,8-9H2,1-2H3,(H,24,28)/b10-7+/t12-/m1/s1. The molecule has 0 saturated carbocycles. The molecule has 1 aliphatic rings. The lowest BCUT2D eigenvalue weighted by atomic mass is 9.97. The maximum absolute atomic E-state index is 12.4. The fourth-order valence-corrected chi connectivity index (χ4v) is 3.02. The number of likely N-dealkylation sites (tertiary alicyclic amines) is 1. The molecule has 0 bridgehead atoms. The summed E-state index contributed by atoms with van der Waals surface area (Å²) < 4.78 is 47.0. The van der Waals surface area contributed by atoms with Gasteiger partial charge < -0.3 is 19.7 Å². The van der Waals surface area contributed by atoms with Gasteiger partial charge in [0.2, 0.25) is 0 Å². The Hall–Kier alpha value is -3.64. The summed E-state index contributed by atoms with van der Waals surface area (Å²) >= 11 is 0. The second-order valence-electron chi connectivity index (χ2n) is 7.20. The van der Waals surface area contributed by atoms with E-state index in [-0.39, 0.29) is 43.1 Å². The maximum atomic E-state index is 12.4. The second kappa shape index (κ2) is 10.8. The number of non-ortho nitro benzene ring substituents is 1. The molecule has 1 atom stereocenters. The number of nitro groups is 1. The van der Waals surface area contributed by atoms with E-state index in [9.17, 15) is 37.7 Å². The molecule has 1 fully saturated rings. The molecule has 0 unspecified atom stereocenters. The van der Waals surface area contributed by atoms with Crippen LogP contribution >= 0.6 is 0 Å². The van der Waals surface area contributed by atoms with E-state index in [1.807, 2.05) is 0 Å². The van der Waals surface area contributed by atoms with Gasteiger partial charge in [-0.3, -0.25) is 24.5 Å². The van der Waals surface area contributed by atoms with Gasteiger partial charge in [-0.15, -0.1) is 0 Å². The van der Waals surface area contributed by atoms with E-state index in [2.05, 4.69) is 5.32 Å². The van der Waals surface area contributed by atoms with Crippen LogP contribution in [0.25, 0.3) is 0 Å². The lowest BCUT2D eigenvalue weighted by molar-refractivity contribution is -0.384. The number of piperidine rings is 1. The number of ether oxygens (including phenoxy) is 2. The van der Waals surface area contributed by atoms with Crippen molar-refractivity contribution in [2.75, 3.05) is 25.5 Å². The molecule has 180 valence electrons. The number of halogens is 3. The molecule has 1 N–H and O–H groups in total. The smallest absolute Gasteiger partial charge is 0.454 e. The number of esters is 1. The normalized spacial score (nSPS) is 15.7. The zero-order chi connectivity index (χ0) is 24.8. The summed E-state index contributed by atoms with van der Waals surface area (Å²) in [6.07, 6.45) is -4.16. The predicted molar refractivity (Wildman–Crippen MR) is 108 cm³/mol. The number of ketones is 1. The van der Waals surface area contributed by atoms with Crippen LogP contribution in [-0.4, -0.2) is 60.0 Å². The first-order valence-electron chi connectivity index (χ1n) is 9.79. The van der Waals surface area contributed by atoms with Crippen LogP contribution in [0.3, 0.4) is 0 Å². The van der Waals surface area contributed by atoms with Crippen molar-refractivity contribution in [3.8, 4) is 5.75 Å². The fourth-order valence-electron chi connectivity index (χ4n) is 3.02. The minimum atomic E-state index is -4.94. The Balaban J connectivity index is 1.89. The van der Waals surface area contributed by atoms with Gasteiger partial charge in [0.15, 0.2) is 6.10 Å². The van der Waals surface area contributed by atoms with Gasteiger partial charge in [0.1, 0.15) is 5.75 Å². The van der Waals surface area contributed by atoms with Crippen LogP contribution in [-0.2, 0) is 19.1 Å². The number of allylic oxidation sites excluding steroid dienone is 1. The van der Waals surface area contributed by atoms with Gasteiger partial charge in [-0.25, -0.2) is 0 Å². The topological polar surface area (TPSA) is 128 Å². The summed E-state index contributed by atoms with van der Waals surface area (Å²) in [5, 5.41) is 13.4. The van der Waals surface area contributed by atoms with E-state index in [0.29, 0.717) is 6.08 Å². The number of amides is 1. The van der Waals surface area contributed by atoms with Gasteiger partial charge in [-0.2, -0.15) is 13.2 Å². The van der Waals surface area contributed by atoms with Crippen molar-refractivity contribution in [3.05, 3.63) is 40.6 Å². The van der Waals surface area contributed by atoms with Gasteiger partial charge in [0, 0.05) is 37.5 Å². The third kappa shape index (κ3) is 7.19. The number of hydrogen-bond donors (Lipinski definition) is 1. The molecule has 0 aliphatic carbocycles. The average molecular weight is 473 g/mol. The number of hydrogen-bond acceptors (Lipinski definition) is 8. The van der Waals surface area contributed by atoms with E-state index < -0.39 is 40.8 Å². The highest BCUT2D eigenvalue weighted by atomic mass is 19.4. The molecule has 1 aromatic carbocycles. The summed E-state index contributed by atoms with van der Waals surface area (Å²) in [6, 6.07) is 3.63. The third-order valence-electron chi connectivity index (χ3n) is 4.89. The molecule has 1 aromatic rings. The Morgan fingerprint density at radius 2 is 1.91 bits per heavy atom. The fraction of sp³-hybridized carbons (Fsp3) is 0.450. The van der Waals surface area contributed by atoms with Gasteiger partial charge in [-0.05, 0) is 25.8 Å².